The molecule has 41 heavy (non-hydrogen) atoms. The van der Waals surface area contributed by atoms with Gasteiger partial charge in [0.1, 0.15) is 11.7 Å². The Morgan fingerprint density at radius 3 is 1.88 bits per heavy atom. The van der Waals surface area contributed by atoms with Gasteiger partial charge in [-0.1, -0.05) is 34.1 Å². The maximum atomic E-state index is 13.9. The van der Waals surface area contributed by atoms with Gasteiger partial charge in [-0.3, -0.25) is 9.59 Å². The highest BCUT2D eigenvalue weighted by Crippen LogP contribution is 2.55. The van der Waals surface area contributed by atoms with E-state index in [0.717, 1.165) is 0 Å². The van der Waals surface area contributed by atoms with E-state index >= 15 is 0 Å². The number of fused-ring (bicyclic) bond motifs is 1. The van der Waals surface area contributed by atoms with Crippen LogP contribution in [0, 0.1) is 11.8 Å². The predicted octanol–water partition coefficient (Wildman–Crippen LogP) is 5.18. The van der Waals surface area contributed by atoms with Crippen LogP contribution in [0.1, 0.15) is 79.6 Å². The number of ether oxygens (including phenoxy) is 4. The zero-order valence-corrected chi connectivity index (χ0v) is 23.3. The molecule has 0 aromatic rings. The fourth-order valence-electron chi connectivity index (χ4n) is 4.64. The first kappa shape index (κ1) is 35.4. The van der Waals surface area contributed by atoms with Crippen molar-refractivity contribution in [2.75, 3.05) is 6.61 Å². The lowest BCUT2D eigenvalue weighted by Crippen LogP contribution is -2.63. The van der Waals surface area contributed by atoms with Crippen molar-refractivity contribution in [3.63, 3.8) is 0 Å². The molecule has 2 heterocycles. The third-order valence-corrected chi connectivity index (χ3v) is 7.91. The molecule has 7 unspecified atom stereocenters. The molecule has 1 aliphatic carbocycles. The molecule has 2 saturated heterocycles. The summed E-state index contributed by atoms with van der Waals surface area (Å²) in [5.74, 6) is -15.5. The molecule has 0 spiro atoms. The van der Waals surface area contributed by atoms with E-state index in [1.807, 2.05) is 0 Å². The van der Waals surface area contributed by atoms with E-state index in [2.05, 4.69) is 9.47 Å². The van der Waals surface area contributed by atoms with Crippen LogP contribution in [0.3, 0.4) is 0 Å². The number of halogens is 8. The quantitative estimate of drug-likeness (QED) is 0.311. The van der Waals surface area contributed by atoms with Gasteiger partial charge in [-0.05, 0) is 39.0 Å². The zero-order valence-electron chi connectivity index (χ0n) is 23.3. The number of alkyl halides is 8. The molecule has 2 N–H and O–H groups in total. The normalized spacial score (nSPS) is 36.4. The van der Waals surface area contributed by atoms with Gasteiger partial charge in [0.05, 0.1) is 24.9 Å². The van der Waals surface area contributed by atoms with Crippen molar-refractivity contribution in [2.45, 2.75) is 127 Å². The number of rotatable bonds is 6. The van der Waals surface area contributed by atoms with Gasteiger partial charge in [0.15, 0.2) is 0 Å². The minimum atomic E-state index is -5.73. The Labute approximate surface area is 231 Å². The van der Waals surface area contributed by atoms with Crippen molar-refractivity contribution in [1.82, 2.24) is 0 Å². The van der Waals surface area contributed by atoms with Crippen molar-refractivity contribution >= 4 is 11.9 Å². The summed E-state index contributed by atoms with van der Waals surface area (Å²) in [7, 11) is 0. The zero-order chi connectivity index (χ0) is 31.9. The van der Waals surface area contributed by atoms with E-state index in [4.69, 9.17) is 14.6 Å². The van der Waals surface area contributed by atoms with E-state index in [-0.39, 0.29) is 18.8 Å². The average molecular weight is 617 g/mol. The molecule has 0 aromatic carbocycles. The Hall–Kier alpha value is -1.78. The van der Waals surface area contributed by atoms with Gasteiger partial charge in [-0.2, -0.15) is 35.1 Å². The molecule has 1 saturated carbocycles. The predicted molar refractivity (Wildman–Crippen MR) is 123 cm³/mol. The SMILES string of the molecule is CCC(C)C(=O)OC1(C)COC(O)(C(F)(F)F)C1(F)F.CCC(C)C(=O)OC12CCCCC1OC(O)(C(F)(F)F)C2. The van der Waals surface area contributed by atoms with Crippen LogP contribution < -0.4 is 0 Å². The van der Waals surface area contributed by atoms with Gasteiger partial charge >= 0.3 is 36.0 Å². The summed E-state index contributed by atoms with van der Waals surface area (Å²) in [6.45, 7) is 5.77. The van der Waals surface area contributed by atoms with Gasteiger partial charge < -0.3 is 29.2 Å². The molecule has 8 nitrogen and oxygen atoms in total. The van der Waals surface area contributed by atoms with Gasteiger partial charge in [-0.15, -0.1) is 0 Å². The number of hydrogen-bond donors (Lipinski definition) is 2. The first-order valence-electron chi connectivity index (χ1n) is 13.2. The average Bonchev–Trinajstić information content (AvgIpc) is 3.27. The first-order valence-corrected chi connectivity index (χ1v) is 13.2. The summed E-state index contributed by atoms with van der Waals surface area (Å²) in [6, 6.07) is 0. The number of esters is 2. The minimum Gasteiger partial charge on any atom is -0.456 e. The summed E-state index contributed by atoms with van der Waals surface area (Å²) in [6.07, 6.45) is -9.46. The molecule has 2 aliphatic heterocycles. The highest BCUT2D eigenvalue weighted by Gasteiger charge is 2.82. The number of carbonyl (C=O) groups excluding carboxylic acids is 2. The van der Waals surface area contributed by atoms with E-state index in [1.54, 1.807) is 20.8 Å². The molecule has 0 aromatic heterocycles. The van der Waals surface area contributed by atoms with Crippen LogP contribution in [0.25, 0.3) is 0 Å². The molecule has 3 fully saturated rings. The number of carbonyl (C=O) groups is 2. The molecular formula is C25H36F8O8. The van der Waals surface area contributed by atoms with E-state index in [0.29, 0.717) is 32.6 Å². The van der Waals surface area contributed by atoms with Crippen molar-refractivity contribution in [3.05, 3.63) is 0 Å². The summed E-state index contributed by atoms with van der Waals surface area (Å²) in [5.41, 5.74) is -4.25. The maximum absolute atomic E-state index is 13.9. The summed E-state index contributed by atoms with van der Waals surface area (Å²) in [4.78, 5) is 23.5. The summed E-state index contributed by atoms with van der Waals surface area (Å²) >= 11 is 0. The van der Waals surface area contributed by atoms with Crippen LogP contribution in [-0.4, -0.2) is 75.9 Å². The van der Waals surface area contributed by atoms with E-state index in [9.17, 15) is 49.8 Å². The first-order chi connectivity index (χ1) is 18.5. The Kier molecular flexibility index (Phi) is 10.1. The Morgan fingerprint density at radius 2 is 1.44 bits per heavy atom. The fourth-order valence-corrected chi connectivity index (χ4v) is 4.64. The van der Waals surface area contributed by atoms with Crippen LogP contribution in [0.2, 0.25) is 0 Å². The van der Waals surface area contributed by atoms with Crippen LogP contribution in [-0.2, 0) is 28.5 Å². The molecule has 0 radical (unpaired) electrons. The molecule has 3 rings (SSSR count). The largest absolute Gasteiger partial charge is 0.456 e. The lowest BCUT2D eigenvalue weighted by atomic mass is 9.80. The number of aliphatic hydroxyl groups is 2. The van der Waals surface area contributed by atoms with Crippen LogP contribution in [0.5, 0.6) is 0 Å². The van der Waals surface area contributed by atoms with Gasteiger partial charge in [0.2, 0.25) is 5.60 Å². The van der Waals surface area contributed by atoms with Crippen molar-refractivity contribution in [3.8, 4) is 0 Å². The molecule has 7 atom stereocenters. The van der Waals surface area contributed by atoms with Crippen LogP contribution in [0.15, 0.2) is 0 Å². The van der Waals surface area contributed by atoms with Gasteiger partial charge in [0.25, 0.3) is 5.79 Å². The molecule has 0 bridgehead atoms. The van der Waals surface area contributed by atoms with E-state index in [1.165, 1.54) is 6.92 Å². The summed E-state index contributed by atoms with van der Waals surface area (Å²) in [5, 5.41) is 18.9. The second-order valence-corrected chi connectivity index (χ2v) is 11.1. The lowest BCUT2D eigenvalue weighted by Gasteiger charge is -2.37. The van der Waals surface area contributed by atoms with Crippen LogP contribution in [0.4, 0.5) is 35.1 Å². The van der Waals surface area contributed by atoms with Gasteiger partial charge in [-0.25, -0.2) is 0 Å². The van der Waals surface area contributed by atoms with Crippen molar-refractivity contribution in [2.24, 2.45) is 11.8 Å². The molecule has 16 heteroatoms. The fraction of sp³-hybridized carbons (Fsp3) is 0.920. The van der Waals surface area contributed by atoms with Gasteiger partial charge in [0, 0.05) is 0 Å². The maximum Gasteiger partial charge on any atom is 0.449 e. The van der Waals surface area contributed by atoms with Crippen molar-refractivity contribution in [1.29, 1.82) is 0 Å². The minimum absolute atomic E-state index is 0.269. The third kappa shape index (κ3) is 6.44. The topological polar surface area (TPSA) is 112 Å². The van der Waals surface area contributed by atoms with E-state index < -0.39 is 78.0 Å². The monoisotopic (exact) mass is 616 g/mol. The highest BCUT2D eigenvalue weighted by molar-refractivity contribution is 5.73. The standard InChI is InChI=1S/C14H21F3O4.C11H15F5O4/c1-3-9(2)11(18)21-12-7-5-4-6-10(12)20-13(19,8-12)14(15,16)17;1-4-6(2)7(17)20-8(3)5-19-10(18,9(8,12)13)11(14,15)16/h9-10,19H,3-8H2,1-2H3;6,18H,4-5H2,1-3H3. The lowest BCUT2D eigenvalue weighted by molar-refractivity contribution is -0.409. The smallest absolute Gasteiger partial charge is 0.449 e. The Morgan fingerprint density at radius 1 is 0.927 bits per heavy atom. The highest BCUT2D eigenvalue weighted by atomic mass is 19.4. The molecule has 0 amide bonds. The second kappa shape index (κ2) is 11.7. The van der Waals surface area contributed by atoms with Crippen LogP contribution >= 0.6 is 0 Å². The Bertz CT molecular complexity index is 959. The summed E-state index contributed by atoms with van der Waals surface area (Å²) < 4.78 is 123. The molecule has 240 valence electrons. The third-order valence-electron chi connectivity index (χ3n) is 7.91. The molecule has 3 aliphatic rings. The Balaban J connectivity index is 0.000000287. The second-order valence-electron chi connectivity index (χ2n) is 11.1. The van der Waals surface area contributed by atoms with Crippen molar-refractivity contribution < 1.29 is 73.9 Å². The molecular weight excluding hydrogens is 580 g/mol. The number of hydrogen-bond acceptors (Lipinski definition) is 8.